The predicted octanol–water partition coefficient (Wildman–Crippen LogP) is 6.41. The van der Waals surface area contributed by atoms with Gasteiger partial charge in [0.15, 0.2) is 0 Å². The molecule has 56 heavy (non-hydrogen) atoms. The number of likely N-dealkylation sites (N-methyl/N-ethyl adjacent to an activating group) is 2. The Labute approximate surface area is 326 Å². The van der Waals surface area contributed by atoms with Gasteiger partial charge in [0.25, 0.3) is 0 Å². The van der Waals surface area contributed by atoms with Gasteiger partial charge in [-0.2, -0.15) is 0 Å². The van der Waals surface area contributed by atoms with E-state index in [2.05, 4.69) is 58.5 Å². The van der Waals surface area contributed by atoms with Gasteiger partial charge in [-0.25, -0.2) is 19.6 Å². The van der Waals surface area contributed by atoms with Crippen molar-refractivity contribution in [3.8, 4) is 33.6 Å². The lowest BCUT2D eigenvalue weighted by atomic mass is 9.97. The van der Waals surface area contributed by atoms with E-state index in [0.29, 0.717) is 11.8 Å². The van der Waals surface area contributed by atoms with E-state index in [4.69, 9.17) is 19.4 Å². The van der Waals surface area contributed by atoms with Crippen LogP contribution in [-0.2, 0) is 19.1 Å². The number of amides is 4. The maximum absolute atomic E-state index is 13.7. The average Bonchev–Trinajstić information content (AvgIpc) is 4.10. The van der Waals surface area contributed by atoms with Crippen LogP contribution in [0.25, 0.3) is 33.6 Å². The fourth-order valence-electron chi connectivity index (χ4n) is 9.63. The van der Waals surface area contributed by atoms with E-state index in [1.807, 2.05) is 22.2 Å². The van der Waals surface area contributed by atoms with Crippen LogP contribution in [0.4, 0.5) is 9.59 Å². The number of ether oxygens (including phenoxy) is 2. The summed E-state index contributed by atoms with van der Waals surface area (Å²) < 4.78 is 9.71. The van der Waals surface area contributed by atoms with Crippen molar-refractivity contribution in [3.05, 3.63) is 72.6 Å². The monoisotopic (exact) mass is 762 g/mol. The van der Waals surface area contributed by atoms with Gasteiger partial charge in [-0.15, -0.1) is 0 Å². The summed E-state index contributed by atoms with van der Waals surface area (Å²) in [5.74, 6) is 2.01. The van der Waals surface area contributed by atoms with Crippen LogP contribution in [0.15, 0.2) is 60.9 Å². The number of nitrogens with zero attached hydrogens (tertiary/aromatic N) is 6. The molecule has 0 radical (unpaired) electrons. The summed E-state index contributed by atoms with van der Waals surface area (Å²) in [4.78, 5) is 74.9. The van der Waals surface area contributed by atoms with E-state index in [-0.39, 0.29) is 36.0 Å². The Hall–Kier alpha value is -5.66. The molecule has 0 spiro atoms. The third kappa shape index (κ3) is 6.38. The lowest BCUT2D eigenvalue weighted by Gasteiger charge is -2.37. The highest BCUT2D eigenvalue weighted by Gasteiger charge is 2.52. The van der Waals surface area contributed by atoms with Gasteiger partial charge in [0.1, 0.15) is 23.7 Å². The number of aromatic nitrogens is 4. The Morgan fingerprint density at radius 3 is 1.34 bits per heavy atom. The predicted molar refractivity (Wildman–Crippen MR) is 208 cm³/mol. The molecule has 8 rings (SSSR count). The first kappa shape index (κ1) is 37.3. The first-order valence-corrected chi connectivity index (χ1v) is 19.6. The van der Waals surface area contributed by atoms with Crippen molar-refractivity contribution >= 4 is 24.0 Å². The van der Waals surface area contributed by atoms with Crippen LogP contribution >= 0.6 is 0 Å². The number of carbonyl (C=O) groups is 4. The number of nitrogens with one attached hydrogen (secondary N) is 2. The molecule has 2 aromatic carbocycles. The zero-order chi connectivity index (χ0) is 39.4. The van der Waals surface area contributed by atoms with E-state index in [0.717, 1.165) is 83.8 Å². The highest BCUT2D eigenvalue weighted by atomic mass is 16.5. The summed E-state index contributed by atoms with van der Waals surface area (Å²) in [5, 5.41) is 0. The number of likely N-dealkylation sites (tertiary alicyclic amines) is 2. The third-order valence-corrected chi connectivity index (χ3v) is 13.0. The minimum atomic E-state index is -0.648. The smallest absolute Gasteiger partial charge is 0.409 e. The molecule has 2 aromatic heterocycles. The van der Waals surface area contributed by atoms with Gasteiger partial charge >= 0.3 is 12.2 Å². The van der Waals surface area contributed by atoms with Crippen LogP contribution in [0.5, 0.6) is 0 Å². The summed E-state index contributed by atoms with van der Waals surface area (Å²) in [7, 11) is 5.82. The lowest BCUT2D eigenvalue weighted by molar-refractivity contribution is -0.141. The second-order valence-electron chi connectivity index (χ2n) is 15.9. The van der Waals surface area contributed by atoms with E-state index < -0.39 is 24.3 Å². The molecule has 14 heteroatoms. The van der Waals surface area contributed by atoms with Crippen molar-refractivity contribution in [1.82, 2.24) is 39.5 Å². The molecule has 4 bridgehead atoms. The normalized spacial score (nSPS) is 24.6. The number of hydrogen-bond donors (Lipinski definition) is 2. The number of carbonyl (C=O) groups excluding carboxylic acids is 4. The molecular formula is C42H50N8O6. The van der Waals surface area contributed by atoms with E-state index in [9.17, 15) is 19.2 Å². The second kappa shape index (κ2) is 14.8. The molecule has 14 nitrogen and oxygen atoms in total. The molecule has 4 aliphatic rings. The minimum absolute atomic E-state index is 0.0907. The maximum Gasteiger partial charge on any atom is 0.409 e. The molecule has 8 unspecified atom stereocenters. The van der Waals surface area contributed by atoms with E-state index >= 15 is 0 Å². The molecule has 2 saturated carbocycles. The topological polar surface area (TPSA) is 157 Å². The van der Waals surface area contributed by atoms with Crippen molar-refractivity contribution in [2.75, 3.05) is 28.3 Å². The summed E-state index contributed by atoms with van der Waals surface area (Å²) in [6, 6.07) is 15.3. The summed E-state index contributed by atoms with van der Waals surface area (Å²) in [6.45, 7) is 3.49. The van der Waals surface area contributed by atoms with Gasteiger partial charge < -0.3 is 29.2 Å². The van der Waals surface area contributed by atoms with E-state index in [1.165, 1.54) is 24.0 Å². The Kier molecular flexibility index (Phi) is 9.83. The Morgan fingerprint density at radius 2 is 0.982 bits per heavy atom. The van der Waals surface area contributed by atoms with Crippen LogP contribution in [0, 0.1) is 11.8 Å². The first-order chi connectivity index (χ1) is 27.0. The van der Waals surface area contributed by atoms with Gasteiger partial charge in [0.2, 0.25) is 11.8 Å². The number of benzene rings is 2. The molecule has 2 saturated heterocycles. The van der Waals surface area contributed by atoms with Crippen molar-refractivity contribution < 1.29 is 28.7 Å². The molecule has 4 amide bonds. The van der Waals surface area contributed by atoms with Gasteiger partial charge in [-0.05, 0) is 86.5 Å². The Balaban J connectivity index is 0.946. The Bertz CT molecular complexity index is 1960. The number of fused-ring (bicyclic) bond motifs is 4. The largest absolute Gasteiger partial charge is 0.453 e. The molecule has 2 N–H and O–H groups in total. The number of aromatic amines is 2. The quantitative estimate of drug-likeness (QED) is 0.198. The molecule has 2 aliphatic heterocycles. The first-order valence-electron chi connectivity index (χ1n) is 19.6. The highest BCUT2D eigenvalue weighted by Crippen LogP contribution is 2.51. The molecule has 4 heterocycles. The van der Waals surface area contributed by atoms with Crippen LogP contribution in [0.1, 0.15) is 76.1 Å². The number of rotatable bonds is 9. The Morgan fingerprint density at radius 1 is 0.625 bits per heavy atom. The number of piperidine rings is 2. The number of H-pyrrole nitrogens is 2. The summed E-state index contributed by atoms with van der Waals surface area (Å²) >= 11 is 0. The zero-order valence-electron chi connectivity index (χ0n) is 32.8. The van der Waals surface area contributed by atoms with Crippen LogP contribution < -0.4 is 0 Å². The zero-order valence-corrected chi connectivity index (χ0v) is 32.8. The van der Waals surface area contributed by atoms with Gasteiger partial charge in [0.05, 0.1) is 50.1 Å². The average molecular weight is 763 g/mol. The van der Waals surface area contributed by atoms with Crippen LogP contribution in [-0.4, -0.2) is 116 Å². The molecular weight excluding hydrogens is 713 g/mol. The molecule has 8 atom stereocenters. The van der Waals surface area contributed by atoms with E-state index in [1.54, 1.807) is 27.9 Å². The number of methoxy groups -OCH3 is 2. The fraction of sp³-hybridized carbons (Fsp3) is 0.476. The van der Waals surface area contributed by atoms with Crippen molar-refractivity contribution in [1.29, 1.82) is 0 Å². The fourth-order valence-corrected chi connectivity index (χ4v) is 9.63. The van der Waals surface area contributed by atoms with Crippen molar-refractivity contribution in [2.24, 2.45) is 11.8 Å². The highest BCUT2D eigenvalue weighted by molar-refractivity contribution is 5.87. The number of imidazole rings is 2. The van der Waals surface area contributed by atoms with Crippen molar-refractivity contribution in [3.63, 3.8) is 0 Å². The van der Waals surface area contributed by atoms with Gasteiger partial charge in [0, 0.05) is 26.2 Å². The van der Waals surface area contributed by atoms with Crippen LogP contribution in [0.3, 0.4) is 0 Å². The molecule has 2 aliphatic carbocycles. The third-order valence-electron chi connectivity index (χ3n) is 13.0. The number of hydrogen-bond acceptors (Lipinski definition) is 8. The SMILES string of the molecule is COC(=O)N(C)C(C)C(=O)N1C2CCC(C2)C1c1ncc(-c2ccc(-c3ccc(-c4cnc(C5C6CCC(C6)N5C(=O)C(C)N(C)C(=O)OC)[nH]4)cc3)cc2)[nH]1. The second-order valence-corrected chi connectivity index (χ2v) is 15.9. The van der Waals surface area contributed by atoms with Gasteiger partial charge in [-0.1, -0.05) is 48.5 Å². The molecule has 4 aromatic rings. The summed E-state index contributed by atoms with van der Waals surface area (Å²) in [5.41, 5.74) is 5.89. The summed E-state index contributed by atoms with van der Waals surface area (Å²) in [6.07, 6.45) is 8.49. The van der Waals surface area contributed by atoms with Crippen molar-refractivity contribution in [2.45, 2.75) is 88.6 Å². The minimum Gasteiger partial charge on any atom is -0.453 e. The molecule has 294 valence electrons. The maximum atomic E-state index is 13.7. The molecule has 4 fully saturated rings. The van der Waals surface area contributed by atoms with Gasteiger partial charge in [-0.3, -0.25) is 19.4 Å². The van der Waals surface area contributed by atoms with Crippen LogP contribution in [0.2, 0.25) is 0 Å². The standard InChI is InChI=1S/C42H50N8O6/c1-23(47(3)41(53)55-5)39(51)49-31-17-15-29(19-31)35(49)37-43-21-33(45-37)27-11-7-25(8-12-27)26-9-13-28(14-10-26)34-22-44-38(46-34)36-30-16-18-32(20-30)50(36)40(52)24(2)48(4)42(54)56-6/h7-14,21-24,29-32,35-36H,15-20H2,1-6H3,(H,43,45)(H,44,46). The lowest BCUT2D eigenvalue weighted by Crippen LogP contribution is -2.51.